The normalized spacial score (nSPS) is 19.3. The predicted octanol–water partition coefficient (Wildman–Crippen LogP) is 5.53. The molecule has 0 bridgehead atoms. The van der Waals surface area contributed by atoms with E-state index in [4.69, 9.17) is 27.9 Å². The van der Waals surface area contributed by atoms with Crippen LogP contribution in [0.5, 0.6) is 5.75 Å². The van der Waals surface area contributed by atoms with Crippen molar-refractivity contribution in [3.8, 4) is 5.75 Å². The van der Waals surface area contributed by atoms with Crippen molar-refractivity contribution in [3.63, 3.8) is 0 Å². The van der Waals surface area contributed by atoms with Gasteiger partial charge in [-0.25, -0.2) is 5.12 Å². The number of nitrogens with zero attached hydrogens (tertiary/aromatic N) is 5. The summed E-state index contributed by atoms with van der Waals surface area (Å²) in [5.74, 6) is 0.752. The van der Waals surface area contributed by atoms with E-state index in [-0.39, 0.29) is 6.04 Å². The van der Waals surface area contributed by atoms with Crippen LogP contribution in [-0.2, 0) is 0 Å². The van der Waals surface area contributed by atoms with Crippen molar-refractivity contribution in [1.82, 2.24) is 15.2 Å². The quantitative estimate of drug-likeness (QED) is 0.364. The van der Waals surface area contributed by atoms with Crippen LogP contribution in [0.3, 0.4) is 0 Å². The molecule has 0 N–H and O–H groups in total. The van der Waals surface area contributed by atoms with E-state index in [9.17, 15) is 5.21 Å². The first-order valence-electron chi connectivity index (χ1n) is 12.5. The van der Waals surface area contributed by atoms with E-state index in [1.165, 1.54) is 5.69 Å². The Bertz CT molecular complexity index is 984. The molecule has 1 atom stereocenters. The number of piperazine rings is 1. The molecule has 7 nitrogen and oxygen atoms in total. The second-order valence-corrected chi connectivity index (χ2v) is 9.84. The van der Waals surface area contributed by atoms with E-state index in [0.717, 1.165) is 80.1 Å². The lowest BCUT2D eigenvalue weighted by atomic mass is 10.1. The maximum Gasteiger partial charge on any atom is 0.120 e. The summed E-state index contributed by atoms with van der Waals surface area (Å²) in [7, 11) is 0. The SMILES string of the molecule is CCC1=NN(CCCN2CCN(c3cccc(Cl)c3)CC2)N([O-])C1CCCOc1cccc(Cl)c1. The van der Waals surface area contributed by atoms with Crippen molar-refractivity contribution in [2.45, 2.75) is 38.6 Å². The molecule has 0 aliphatic carbocycles. The van der Waals surface area contributed by atoms with Gasteiger partial charge in [0.2, 0.25) is 0 Å². The minimum Gasteiger partial charge on any atom is -0.766 e. The first kappa shape index (κ1) is 26.0. The Morgan fingerprint density at radius 2 is 1.71 bits per heavy atom. The van der Waals surface area contributed by atoms with Crippen LogP contribution in [0.1, 0.15) is 32.6 Å². The monoisotopic (exact) mass is 518 g/mol. The standard InChI is InChI=1S/C26H34Cl2N5O2/c1-2-25-26(11-5-18-35-24-10-4-8-22(28)20-24)33(34)32(29-25)13-6-12-30-14-16-31(17-15-30)23-9-3-7-21(27)19-23/h3-4,7-10,19-20,26H,2,5-6,11-18H2,1H3/q-1. The van der Waals surface area contributed by atoms with E-state index in [0.29, 0.717) is 18.2 Å². The fourth-order valence-corrected chi connectivity index (χ4v) is 5.01. The number of hydroxylamine groups is 1. The zero-order valence-corrected chi connectivity index (χ0v) is 21.8. The third-order valence-electron chi connectivity index (χ3n) is 6.55. The fourth-order valence-electron chi connectivity index (χ4n) is 4.64. The molecule has 9 heteroatoms. The summed E-state index contributed by atoms with van der Waals surface area (Å²) in [6.07, 6.45) is 3.18. The lowest BCUT2D eigenvalue weighted by Gasteiger charge is -2.38. The van der Waals surface area contributed by atoms with Gasteiger partial charge in [-0.05, 0) is 62.1 Å². The molecular weight excluding hydrogens is 485 g/mol. The van der Waals surface area contributed by atoms with Gasteiger partial charge in [0.1, 0.15) is 5.75 Å². The number of hydrazone groups is 1. The summed E-state index contributed by atoms with van der Waals surface area (Å²) in [6.45, 7) is 8.18. The smallest absolute Gasteiger partial charge is 0.120 e. The van der Waals surface area contributed by atoms with Crippen molar-refractivity contribution < 1.29 is 4.74 Å². The molecular formula is C26H34Cl2N5O2-. The maximum absolute atomic E-state index is 12.9. The maximum atomic E-state index is 12.9. The van der Waals surface area contributed by atoms with Crippen molar-refractivity contribution in [2.24, 2.45) is 5.10 Å². The number of ether oxygens (including phenoxy) is 1. The van der Waals surface area contributed by atoms with Crippen molar-refractivity contribution in [3.05, 3.63) is 63.8 Å². The topological polar surface area (TPSA) is 57.6 Å². The molecule has 2 heterocycles. The minimum atomic E-state index is -0.204. The Kier molecular flexibility index (Phi) is 9.52. The van der Waals surface area contributed by atoms with Crippen LogP contribution >= 0.6 is 23.2 Å². The Morgan fingerprint density at radius 1 is 0.971 bits per heavy atom. The molecule has 0 amide bonds. The molecule has 0 spiro atoms. The molecule has 35 heavy (non-hydrogen) atoms. The Hall–Kier alpha value is -2.03. The summed E-state index contributed by atoms with van der Waals surface area (Å²) >= 11 is 12.1. The average molecular weight is 519 g/mol. The van der Waals surface area contributed by atoms with Gasteiger partial charge >= 0.3 is 0 Å². The number of hydrazine groups is 1. The number of hydrogen-bond donors (Lipinski definition) is 0. The van der Waals surface area contributed by atoms with Gasteiger partial charge < -0.3 is 14.8 Å². The molecule has 0 radical (unpaired) electrons. The summed E-state index contributed by atoms with van der Waals surface area (Å²) in [5.41, 5.74) is 2.14. The van der Waals surface area contributed by atoms with Crippen LogP contribution < -0.4 is 9.64 Å². The zero-order chi connectivity index (χ0) is 24.6. The fraction of sp³-hybridized carbons (Fsp3) is 0.500. The predicted molar refractivity (Wildman–Crippen MR) is 144 cm³/mol. The first-order chi connectivity index (χ1) is 17.0. The van der Waals surface area contributed by atoms with E-state index < -0.39 is 0 Å². The average Bonchev–Trinajstić information content (AvgIpc) is 3.17. The molecule has 1 saturated heterocycles. The first-order valence-corrected chi connectivity index (χ1v) is 13.2. The number of halogens is 2. The van der Waals surface area contributed by atoms with Gasteiger partial charge in [0.05, 0.1) is 24.9 Å². The van der Waals surface area contributed by atoms with Gasteiger partial charge in [0, 0.05) is 48.5 Å². The van der Waals surface area contributed by atoms with Crippen molar-refractivity contribution >= 4 is 34.6 Å². The van der Waals surface area contributed by atoms with Crippen LogP contribution in [0.2, 0.25) is 10.0 Å². The highest BCUT2D eigenvalue weighted by Crippen LogP contribution is 2.23. The van der Waals surface area contributed by atoms with Gasteiger partial charge in [-0.3, -0.25) is 10.1 Å². The molecule has 1 fully saturated rings. The third kappa shape index (κ3) is 7.24. The zero-order valence-electron chi connectivity index (χ0n) is 20.3. The van der Waals surface area contributed by atoms with E-state index in [2.05, 4.69) is 27.9 Å². The third-order valence-corrected chi connectivity index (χ3v) is 7.02. The second kappa shape index (κ2) is 12.8. The van der Waals surface area contributed by atoms with Gasteiger partial charge in [0.15, 0.2) is 0 Å². The molecule has 1 unspecified atom stereocenters. The Balaban J connectivity index is 1.16. The summed E-state index contributed by atoms with van der Waals surface area (Å²) in [5, 5.41) is 21.7. The van der Waals surface area contributed by atoms with Crippen molar-refractivity contribution in [2.75, 3.05) is 50.8 Å². The summed E-state index contributed by atoms with van der Waals surface area (Å²) < 4.78 is 5.78. The van der Waals surface area contributed by atoms with Crippen LogP contribution in [-0.4, -0.2) is 72.8 Å². The molecule has 0 saturated carbocycles. The molecule has 2 aromatic rings. The highest BCUT2D eigenvalue weighted by atomic mass is 35.5. The molecule has 190 valence electrons. The molecule has 4 rings (SSSR count). The van der Waals surface area contributed by atoms with Crippen molar-refractivity contribution in [1.29, 1.82) is 0 Å². The highest BCUT2D eigenvalue weighted by Gasteiger charge is 2.27. The van der Waals surface area contributed by atoms with Gasteiger partial charge in [-0.15, -0.1) is 0 Å². The number of anilines is 1. The molecule has 2 aliphatic rings. The highest BCUT2D eigenvalue weighted by molar-refractivity contribution is 6.31. The van der Waals surface area contributed by atoms with E-state index in [1.807, 2.05) is 36.4 Å². The summed E-state index contributed by atoms with van der Waals surface area (Å²) in [6, 6.07) is 15.2. The van der Waals surface area contributed by atoms with E-state index in [1.54, 1.807) is 11.2 Å². The molecule has 2 aromatic carbocycles. The largest absolute Gasteiger partial charge is 0.766 e. The van der Waals surface area contributed by atoms with Crippen LogP contribution in [0.15, 0.2) is 53.6 Å². The summed E-state index contributed by atoms with van der Waals surface area (Å²) in [4.78, 5) is 4.84. The van der Waals surface area contributed by atoms with Gasteiger partial charge in [-0.1, -0.05) is 42.3 Å². The number of hydrogen-bond acceptors (Lipinski definition) is 7. The van der Waals surface area contributed by atoms with E-state index >= 15 is 0 Å². The number of benzene rings is 2. The Morgan fingerprint density at radius 3 is 2.43 bits per heavy atom. The molecule has 0 aromatic heterocycles. The Labute approximate surface area is 218 Å². The minimum absolute atomic E-state index is 0.204. The van der Waals surface area contributed by atoms with Crippen LogP contribution in [0, 0.1) is 5.21 Å². The number of rotatable bonds is 11. The molecule has 2 aliphatic heterocycles. The van der Waals surface area contributed by atoms with Gasteiger partial charge in [-0.2, -0.15) is 5.10 Å². The lowest BCUT2D eigenvalue weighted by Crippen LogP contribution is -2.47. The van der Waals surface area contributed by atoms with Crippen LogP contribution in [0.25, 0.3) is 0 Å². The second-order valence-electron chi connectivity index (χ2n) is 8.97. The van der Waals surface area contributed by atoms with Gasteiger partial charge in [0.25, 0.3) is 0 Å². The lowest BCUT2D eigenvalue weighted by molar-refractivity contribution is 0.0229. The van der Waals surface area contributed by atoms with Crippen LogP contribution in [0.4, 0.5) is 5.69 Å².